The minimum absolute atomic E-state index is 0. The van der Waals surface area contributed by atoms with Gasteiger partial charge in [-0.15, -0.1) is 12.4 Å². The number of halogens is 1. The number of rotatable bonds is 5. The van der Waals surface area contributed by atoms with E-state index in [1.807, 2.05) is 18.9 Å². The minimum atomic E-state index is 0. The van der Waals surface area contributed by atoms with Crippen molar-refractivity contribution in [3.63, 3.8) is 0 Å². The first-order chi connectivity index (χ1) is 9.20. The van der Waals surface area contributed by atoms with E-state index in [4.69, 9.17) is 4.74 Å². The highest BCUT2D eigenvalue weighted by molar-refractivity contribution is 5.85. The van der Waals surface area contributed by atoms with Gasteiger partial charge in [0.05, 0.1) is 12.2 Å². The van der Waals surface area contributed by atoms with E-state index in [-0.39, 0.29) is 24.2 Å². The van der Waals surface area contributed by atoms with E-state index in [1.165, 1.54) is 25.7 Å². The maximum atomic E-state index is 12.2. The van der Waals surface area contributed by atoms with Crippen LogP contribution in [0.1, 0.15) is 45.4 Å². The molecule has 1 heterocycles. The summed E-state index contributed by atoms with van der Waals surface area (Å²) in [5, 5.41) is 3.07. The van der Waals surface area contributed by atoms with Crippen molar-refractivity contribution in [3.05, 3.63) is 0 Å². The predicted molar refractivity (Wildman–Crippen MR) is 83.3 cm³/mol. The van der Waals surface area contributed by atoms with Gasteiger partial charge in [-0.3, -0.25) is 4.79 Å². The molecule has 1 atom stereocenters. The van der Waals surface area contributed by atoms with Gasteiger partial charge in [-0.05, 0) is 32.7 Å². The quantitative estimate of drug-likeness (QED) is 0.847. The molecular formula is C15H29ClN2O2. The average molecular weight is 305 g/mol. The molecule has 0 aromatic carbocycles. The Bertz CT molecular complexity index is 288. The summed E-state index contributed by atoms with van der Waals surface area (Å²) >= 11 is 0. The third-order valence-electron chi connectivity index (χ3n) is 4.37. The summed E-state index contributed by atoms with van der Waals surface area (Å²) in [5.74, 6) is 0.367. The number of piperidine rings is 1. The first kappa shape index (κ1) is 17.7. The molecule has 2 rings (SSSR count). The minimum Gasteiger partial charge on any atom is -0.375 e. The van der Waals surface area contributed by atoms with Crippen molar-refractivity contribution in [2.24, 2.45) is 5.92 Å². The van der Waals surface area contributed by atoms with E-state index >= 15 is 0 Å². The maximum absolute atomic E-state index is 12.2. The van der Waals surface area contributed by atoms with E-state index in [1.54, 1.807) is 0 Å². The molecule has 1 aliphatic carbocycles. The third kappa shape index (κ3) is 4.90. The maximum Gasteiger partial charge on any atom is 0.226 e. The molecule has 4 nitrogen and oxygen atoms in total. The monoisotopic (exact) mass is 304 g/mol. The molecule has 0 spiro atoms. The Morgan fingerprint density at radius 2 is 1.75 bits per heavy atom. The fraction of sp³-hybridized carbons (Fsp3) is 0.933. The van der Waals surface area contributed by atoms with Crippen molar-refractivity contribution in [3.8, 4) is 0 Å². The van der Waals surface area contributed by atoms with E-state index in [2.05, 4.69) is 5.32 Å². The Morgan fingerprint density at radius 1 is 1.20 bits per heavy atom. The molecule has 20 heavy (non-hydrogen) atoms. The Balaban J connectivity index is 0.00000200. The summed E-state index contributed by atoms with van der Waals surface area (Å²) < 4.78 is 6.14. The number of nitrogens with one attached hydrogen (secondary N) is 1. The molecule has 0 aromatic heterocycles. The zero-order valence-electron chi connectivity index (χ0n) is 12.8. The number of nitrogens with zero attached hydrogens (tertiary/aromatic N) is 1. The van der Waals surface area contributed by atoms with Crippen LogP contribution in [-0.2, 0) is 9.53 Å². The van der Waals surface area contributed by atoms with Gasteiger partial charge in [0.2, 0.25) is 5.91 Å². The van der Waals surface area contributed by atoms with Crippen LogP contribution in [0.2, 0.25) is 0 Å². The van der Waals surface area contributed by atoms with Crippen LogP contribution < -0.4 is 5.32 Å². The average Bonchev–Trinajstić information content (AvgIpc) is 2.92. The fourth-order valence-electron chi connectivity index (χ4n) is 3.21. The second-order valence-corrected chi connectivity index (χ2v) is 6.03. The Hall–Kier alpha value is -0.320. The first-order valence-corrected chi connectivity index (χ1v) is 7.79. The molecule has 118 valence electrons. The fourth-order valence-corrected chi connectivity index (χ4v) is 3.21. The second kappa shape index (κ2) is 8.85. The van der Waals surface area contributed by atoms with Crippen molar-refractivity contribution < 1.29 is 9.53 Å². The summed E-state index contributed by atoms with van der Waals surface area (Å²) in [6.45, 7) is 4.49. The summed E-state index contributed by atoms with van der Waals surface area (Å²) in [6.07, 6.45) is 8.01. The van der Waals surface area contributed by atoms with Gasteiger partial charge in [0.1, 0.15) is 0 Å². The molecule has 2 aliphatic rings. The standard InChI is InChI=1S/C15H28N2O2.ClH/c1-12(11-16-2)15(18)17-9-7-14(8-10-17)19-13-5-3-4-6-13;/h12-14,16H,3-11H2,1-2H3;1H. The lowest BCUT2D eigenvalue weighted by Gasteiger charge is -2.34. The molecule has 2 fully saturated rings. The largest absolute Gasteiger partial charge is 0.375 e. The molecule has 5 heteroatoms. The van der Waals surface area contributed by atoms with Gasteiger partial charge >= 0.3 is 0 Å². The zero-order chi connectivity index (χ0) is 13.7. The van der Waals surface area contributed by atoms with Gasteiger partial charge in [-0.25, -0.2) is 0 Å². The van der Waals surface area contributed by atoms with Crippen LogP contribution in [0.4, 0.5) is 0 Å². The second-order valence-electron chi connectivity index (χ2n) is 6.03. The molecule has 0 aromatic rings. The van der Waals surface area contributed by atoms with Crippen LogP contribution in [-0.4, -0.2) is 49.7 Å². The lowest BCUT2D eigenvalue weighted by Crippen LogP contribution is -2.45. The van der Waals surface area contributed by atoms with Crippen molar-refractivity contribution >= 4 is 18.3 Å². The van der Waals surface area contributed by atoms with Crippen molar-refractivity contribution in [1.82, 2.24) is 10.2 Å². The van der Waals surface area contributed by atoms with Crippen LogP contribution in [0.5, 0.6) is 0 Å². The van der Waals surface area contributed by atoms with Gasteiger partial charge in [0, 0.05) is 25.6 Å². The molecule has 1 amide bonds. The molecule has 0 bridgehead atoms. The first-order valence-electron chi connectivity index (χ1n) is 7.79. The molecule has 1 aliphatic heterocycles. The van der Waals surface area contributed by atoms with Crippen molar-refractivity contribution in [2.75, 3.05) is 26.7 Å². The van der Waals surface area contributed by atoms with Crippen LogP contribution in [0.15, 0.2) is 0 Å². The normalized spacial score (nSPS) is 22.6. The SMILES string of the molecule is CNCC(C)C(=O)N1CCC(OC2CCCC2)CC1.Cl. The van der Waals surface area contributed by atoms with Gasteiger partial charge < -0.3 is 15.0 Å². The van der Waals surface area contributed by atoms with Gasteiger partial charge in [-0.1, -0.05) is 19.8 Å². The van der Waals surface area contributed by atoms with Gasteiger partial charge in [-0.2, -0.15) is 0 Å². The predicted octanol–water partition coefficient (Wildman–Crippen LogP) is 2.21. The summed E-state index contributed by atoms with van der Waals surface area (Å²) in [7, 11) is 1.89. The highest BCUT2D eigenvalue weighted by atomic mass is 35.5. The number of carbonyl (C=O) groups is 1. The molecule has 1 N–H and O–H groups in total. The highest BCUT2D eigenvalue weighted by Gasteiger charge is 2.28. The number of amides is 1. The topological polar surface area (TPSA) is 41.6 Å². The Labute approximate surface area is 129 Å². The zero-order valence-corrected chi connectivity index (χ0v) is 13.6. The number of hydrogen-bond donors (Lipinski definition) is 1. The Kier molecular flexibility index (Phi) is 7.85. The molecule has 0 radical (unpaired) electrons. The van der Waals surface area contributed by atoms with Gasteiger partial charge in [0.25, 0.3) is 0 Å². The molecular weight excluding hydrogens is 276 g/mol. The number of likely N-dealkylation sites (tertiary alicyclic amines) is 1. The summed E-state index contributed by atoms with van der Waals surface area (Å²) in [6, 6.07) is 0. The van der Waals surface area contributed by atoms with E-state index in [9.17, 15) is 4.79 Å². The lowest BCUT2D eigenvalue weighted by atomic mass is 10.0. The molecule has 1 unspecified atom stereocenters. The summed E-state index contributed by atoms with van der Waals surface area (Å²) in [5.41, 5.74) is 0. The third-order valence-corrected chi connectivity index (χ3v) is 4.37. The van der Waals surface area contributed by atoms with Crippen LogP contribution in [0, 0.1) is 5.92 Å². The lowest BCUT2D eigenvalue weighted by molar-refractivity contribution is -0.138. The molecule has 1 saturated carbocycles. The number of ether oxygens (including phenoxy) is 1. The van der Waals surface area contributed by atoms with Crippen molar-refractivity contribution in [1.29, 1.82) is 0 Å². The van der Waals surface area contributed by atoms with E-state index in [0.29, 0.717) is 12.2 Å². The smallest absolute Gasteiger partial charge is 0.226 e. The van der Waals surface area contributed by atoms with Gasteiger partial charge in [0.15, 0.2) is 0 Å². The van der Waals surface area contributed by atoms with Crippen LogP contribution in [0.3, 0.4) is 0 Å². The van der Waals surface area contributed by atoms with Crippen LogP contribution >= 0.6 is 12.4 Å². The molecule has 1 saturated heterocycles. The van der Waals surface area contributed by atoms with E-state index < -0.39 is 0 Å². The number of hydrogen-bond acceptors (Lipinski definition) is 3. The number of carbonyl (C=O) groups excluding carboxylic acids is 1. The van der Waals surface area contributed by atoms with Crippen LogP contribution in [0.25, 0.3) is 0 Å². The Morgan fingerprint density at radius 3 is 2.30 bits per heavy atom. The summed E-state index contributed by atoms with van der Waals surface area (Å²) in [4.78, 5) is 14.2. The highest BCUT2D eigenvalue weighted by Crippen LogP contribution is 2.25. The van der Waals surface area contributed by atoms with Crippen molar-refractivity contribution in [2.45, 2.75) is 57.7 Å². The van der Waals surface area contributed by atoms with E-state index in [0.717, 1.165) is 32.5 Å².